The number of hydrogen-bond acceptors (Lipinski definition) is 6. The topological polar surface area (TPSA) is 103 Å². The Kier molecular flexibility index (Phi) is 7.63. The molecule has 1 aromatic carbocycles. The van der Waals surface area contributed by atoms with Crippen molar-refractivity contribution in [2.24, 2.45) is 0 Å². The lowest BCUT2D eigenvalue weighted by molar-refractivity contribution is 0.196. The maximum atomic E-state index is 12.3. The van der Waals surface area contributed by atoms with E-state index in [1.807, 2.05) is 0 Å². The molecule has 0 aliphatic carbocycles. The average molecular weight is 346 g/mol. The van der Waals surface area contributed by atoms with E-state index in [1.165, 1.54) is 39.5 Å². The van der Waals surface area contributed by atoms with Gasteiger partial charge in [-0.05, 0) is 12.1 Å². The molecule has 1 rings (SSSR count). The summed E-state index contributed by atoms with van der Waals surface area (Å²) in [5, 5.41) is 5.01. The zero-order valence-electron chi connectivity index (χ0n) is 13.4. The van der Waals surface area contributed by atoms with E-state index in [4.69, 9.17) is 14.2 Å². The number of carbonyl (C=O) groups is 1. The lowest BCUT2D eigenvalue weighted by Gasteiger charge is -2.11. The van der Waals surface area contributed by atoms with E-state index in [2.05, 4.69) is 10.6 Å². The van der Waals surface area contributed by atoms with Crippen LogP contribution in [-0.2, 0) is 14.6 Å². The highest BCUT2D eigenvalue weighted by molar-refractivity contribution is 7.91. The summed E-state index contributed by atoms with van der Waals surface area (Å²) in [6.45, 7) is 0.734. The number of methoxy groups -OCH3 is 3. The zero-order chi connectivity index (χ0) is 17.3. The summed E-state index contributed by atoms with van der Waals surface area (Å²) in [5.74, 6) is 0.557. The highest BCUT2D eigenvalue weighted by Gasteiger charge is 2.17. The molecule has 0 saturated carbocycles. The van der Waals surface area contributed by atoms with Crippen LogP contribution >= 0.6 is 0 Å². The fraction of sp³-hybridized carbons (Fsp3) is 0.500. The maximum Gasteiger partial charge on any atom is 0.314 e. The molecule has 0 atom stereocenters. The summed E-state index contributed by atoms with van der Waals surface area (Å²) in [5.41, 5.74) is 0. The van der Waals surface area contributed by atoms with Gasteiger partial charge in [0.25, 0.3) is 0 Å². The van der Waals surface area contributed by atoms with E-state index in [-0.39, 0.29) is 17.2 Å². The van der Waals surface area contributed by atoms with Gasteiger partial charge in [0.05, 0.1) is 31.5 Å². The van der Waals surface area contributed by atoms with Crippen LogP contribution in [0.25, 0.3) is 0 Å². The van der Waals surface area contributed by atoms with Crippen LogP contribution < -0.4 is 20.1 Å². The highest BCUT2D eigenvalue weighted by atomic mass is 32.2. The first-order chi connectivity index (χ1) is 10.9. The van der Waals surface area contributed by atoms with Crippen molar-refractivity contribution in [2.75, 3.05) is 46.8 Å². The first-order valence-corrected chi connectivity index (χ1v) is 8.55. The molecule has 0 aromatic heterocycles. The third kappa shape index (κ3) is 5.95. The normalized spacial score (nSPS) is 10.9. The minimum absolute atomic E-state index is 0.00447. The summed E-state index contributed by atoms with van der Waals surface area (Å²) in [4.78, 5) is 11.5. The molecule has 0 bridgehead atoms. The first-order valence-electron chi connectivity index (χ1n) is 6.90. The van der Waals surface area contributed by atoms with Gasteiger partial charge in [0.15, 0.2) is 21.3 Å². The maximum absolute atomic E-state index is 12.3. The second kappa shape index (κ2) is 9.21. The van der Waals surface area contributed by atoms with E-state index in [0.717, 1.165) is 0 Å². The fourth-order valence-corrected chi connectivity index (χ4v) is 2.92. The Morgan fingerprint density at radius 2 is 1.70 bits per heavy atom. The second-order valence-electron chi connectivity index (χ2n) is 4.51. The monoisotopic (exact) mass is 346 g/mol. The van der Waals surface area contributed by atoms with Gasteiger partial charge < -0.3 is 24.8 Å². The first kappa shape index (κ1) is 19.0. The summed E-state index contributed by atoms with van der Waals surface area (Å²) in [6.07, 6.45) is 0. The van der Waals surface area contributed by atoms with Crippen molar-refractivity contribution < 1.29 is 27.4 Å². The summed E-state index contributed by atoms with van der Waals surface area (Å²) in [7, 11) is 0.883. The van der Waals surface area contributed by atoms with Crippen LogP contribution in [0.5, 0.6) is 11.5 Å². The van der Waals surface area contributed by atoms with Crippen molar-refractivity contribution in [3.8, 4) is 11.5 Å². The Morgan fingerprint density at radius 3 is 2.30 bits per heavy atom. The van der Waals surface area contributed by atoms with Crippen molar-refractivity contribution in [1.29, 1.82) is 0 Å². The van der Waals surface area contributed by atoms with E-state index in [1.54, 1.807) is 0 Å². The molecule has 9 heteroatoms. The zero-order valence-corrected chi connectivity index (χ0v) is 14.2. The number of hydrogen-bond donors (Lipinski definition) is 2. The number of nitrogens with one attached hydrogen (secondary N) is 2. The van der Waals surface area contributed by atoms with Gasteiger partial charge in [-0.15, -0.1) is 0 Å². The van der Waals surface area contributed by atoms with Gasteiger partial charge in [-0.1, -0.05) is 0 Å². The standard InChI is InChI=1S/C14H22N2O6S/c1-20-8-6-15-14(17)16-7-9-23(18,19)11-4-5-12(21-2)13(10-11)22-3/h4-5,10H,6-9H2,1-3H3,(H2,15,16,17). The van der Waals surface area contributed by atoms with Gasteiger partial charge in [0.1, 0.15) is 0 Å². The molecule has 0 heterocycles. The highest BCUT2D eigenvalue weighted by Crippen LogP contribution is 2.29. The fourth-order valence-electron chi connectivity index (χ4n) is 1.76. The molecule has 0 spiro atoms. The summed E-state index contributed by atoms with van der Waals surface area (Å²) < 4.78 is 39.5. The molecule has 0 fully saturated rings. The quantitative estimate of drug-likeness (QED) is 0.628. The van der Waals surface area contributed by atoms with E-state index >= 15 is 0 Å². The molecule has 0 aliphatic heterocycles. The minimum Gasteiger partial charge on any atom is -0.493 e. The van der Waals surface area contributed by atoms with Crippen LogP contribution in [0.4, 0.5) is 4.79 Å². The predicted octanol–water partition coefficient (Wildman–Crippen LogP) is 0.423. The smallest absolute Gasteiger partial charge is 0.314 e. The van der Waals surface area contributed by atoms with E-state index in [9.17, 15) is 13.2 Å². The molecular weight excluding hydrogens is 324 g/mol. The molecule has 0 aliphatic rings. The van der Waals surface area contributed by atoms with Crippen molar-refractivity contribution in [3.63, 3.8) is 0 Å². The minimum atomic E-state index is -3.54. The molecule has 130 valence electrons. The third-order valence-electron chi connectivity index (χ3n) is 2.96. The van der Waals surface area contributed by atoms with Crippen molar-refractivity contribution in [3.05, 3.63) is 18.2 Å². The number of carbonyl (C=O) groups excluding carboxylic acids is 1. The van der Waals surface area contributed by atoms with Gasteiger partial charge in [-0.2, -0.15) is 0 Å². The van der Waals surface area contributed by atoms with Crippen LogP contribution in [0.15, 0.2) is 23.1 Å². The molecule has 0 unspecified atom stereocenters. The summed E-state index contributed by atoms with van der Waals surface area (Å²) in [6, 6.07) is 3.92. The van der Waals surface area contributed by atoms with Gasteiger partial charge in [-0.25, -0.2) is 13.2 Å². The largest absolute Gasteiger partial charge is 0.493 e. The average Bonchev–Trinajstić information content (AvgIpc) is 2.54. The number of rotatable bonds is 9. The molecule has 2 N–H and O–H groups in total. The number of sulfone groups is 1. The predicted molar refractivity (Wildman–Crippen MR) is 84.9 cm³/mol. The Balaban J connectivity index is 2.61. The molecule has 8 nitrogen and oxygen atoms in total. The Hall–Kier alpha value is -2.00. The Labute approximate surface area is 136 Å². The van der Waals surface area contributed by atoms with Crippen LogP contribution in [0, 0.1) is 0 Å². The second-order valence-corrected chi connectivity index (χ2v) is 6.62. The van der Waals surface area contributed by atoms with Crippen LogP contribution in [0.1, 0.15) is 0 Å². The van der Waals surface area contributed by atoms with Crippen LogP contribution in [0.3, 0.4) is 0 Å². The third-order valence-corrected chi connectivity index (χ3v) is 4.68. The number of amides is 2. The van der Waals surface area contributed by atoms with Crippen molar-refractivity contribution in [2.45, 2.75) is 4.90 Å². The van der Waals surface area contributed by atoms with E-state index in [0.29, 0.717) is 24.7 Å². The number of urea groups is 1. The SMILES string of the molecule is COCCNC(=O)NCCS(=O)(=O)c1ccc(OC)c(OC)c1. The molecular formula is C14H22N2O6S. The lowest BCUT2D eigenvalue weighted by atomic mass is 10.3. The van der Waals surface area contributed by atoms with Crippen molar-refractivity contribution in [1.82, 2.24) is 10.6 Å². The van der Waals surface area contributed by atoms with Crippen molar-refractivity contribution >= 4 is 15.9 Å². The van der Waals surface area contributed by atoms with Gasteiger partial charge in [0.2, 0.25) is 0 Å². The Bertz CT molecular complexity index is 618. The summed E-state index contributed by atoms with van der Waals surface area (Å²) >= 11 is 0. The lowest BCUT2D eigenvalue weighted by Crippen LogP contribution is -2.39. The van der Waals surface area contributed by atoms with E-state index < -0.39 is 15.9 Å². The molecule has 1 aromatic rings. The van der Waals surface area contributed by atoms with Crippen LogP contribution in [-0.4, -0.2) is 61.2 Å². The van der Waals surface area contributed by atoms with Gasteiger partial charge >= 0.3 is 6.03 Å². The molecule has 0 saturated heterocycles. The Morgan fingerprint density at radius 1 is 1.04 bits per heavy atom. The molecule has 0 radical (unpaired) electrons. The van der Waals surface area contributed by atoms with Crippen LogP contribution in [0.2, 0.25) is 0 Å². The molecule has 2 amide bonds. The molecule has 23 heavy (non-hydrogen) atoms. The number of ether oxygens (including phenoxy) is 3. The number of benzene rings is 1. The van der Waals surface area contributed by atoms with Gasteiger partial charge in [-0.3, -0.25) is 0 Å². The van der Waals surface area contributed by atoms with Gasteiger partial charge in [0, 0.05) is 26.3 Å².